The summed E-state index contributed by atoms with van der Waals surface area (Å²) in [5.41, 5.74) is 0. The minimum Gasteiger partial charge on any atom is -0.460 e. The van der Waals surface area contributed by atoms with Gasteiger partial charge in [0.1, 0.15) is 0 Å². The number of hydrogen-bond donors (Lipinski definition) is 0. The van der Waals surface area contributed by atoms with E-state index in [0.29, 0.717) is 0 Å². The molecule has 0 saturated carbocycles. The van der Waals surface area contributed by atoms with Crippen LogP contribution in [0.15, 0.2) is 12.2 Å². The van der Waals surface area contributed by atoms with Gasteiger partial charge in [-0.15, -0.1) is 0 Å². The SMILES string of the molecule is CCCCCCCCC/C=C/C(=O)OC(C)C. The molecule has 0 atom stereocenters. The van der Waals surface area contributed by atoms with Gasteiger partial charge in [-0.3, -0.25) is 0 Å². The highest BCUT2D eigenvalue weighted by Gasteiger charge is 1.98. The molecule has 0 rings (SSSR count). The molecule has 0 aliphatic rings. The molecule has 0 fully saturated rings. The normalized spacial score (nSPS) is 11.3. The molecular weight excluding hydrogens is 212 g/mol. The van der Waals surface area contributed by atoms with Crippen molar-refractivity contribution in [3.63, 3.8) is 0 Å². The molecule has 0 saturated heterocycles. The fourth-order valence-corrected chi connectivity index (χ4v) is 1.67. The van der Waals surface area contributed by atoms with E-state index in [1.165, 1.54) is 44.9 Å². The van der Waals surface area contributed by atoms with Crippen LogP contribution in [0.1, 0.15) is 72.1 Å². The molecule has 0 heterocycles. The summed E-state index contributed by atoms with van der Waals surface area (Å²) in [6.07, 6.45) is 13.6. The highest BCUT2D eigenvalue weighted by atomic mass is 16.5. The van der Waals surface area contributed by atoms with Gasteiger partial charge in [0, 0.05) is 6.08 Å². The van der Waals surface area contributed by atoms with Crippen molar-refractivity contribution >= 4 is 5.97 Å². The van der Waals surface area contributed by atoms with Crippen molar-refractivity contribution in [2.45, 2.75) is 78.2 Å². The maximum atomic E-state index is 11.2. The van der Waals surface area contributed by atoms with Gasteiger partial charge in [0.15, 0.2) is 0 Å². The lowest BCUT2D eigenvalue weighted by Crippen LogP contribution is -2.08. The molecule has 0 N–H and O–H groups in total. The smallest absolute Gasteiger partial charge is 0.330 e. The Kier molecular flexibility index (Phi) is 11.1. The molecule has 0 aliphatic carbocycles. The van der Waals surface area contributed by atoms with Gasteiger partial charge in [-0.1, -0.05) is 51.5 Å². The van der Waals surface area contributed by atoms with E-state index in [9.17, 15) is 4.79 Å². The molecule has 0 bridgehead atoms. The van der Waals surface area contributed by atoms with Crippen LogP contribution in [-0.4, -0.2) is 12.1 Å². The Labute approximate surface area is 106 Å². The van der Waals surface area contributed by atoms with E-state index >= 15 is 0 Å². The molecule has 0 unspecified atom stereocenters. The quantitative estimate of drug-likeness (QED) is 0.316. The molecule has 0 aromatic heterocycles. The minimum absolute atomic E-state index is 0.0225. The van der Waals surface area contributed by atoms with Crippen molar-refractivity contribution in [2.75, 3.05) is 0 Å². The summed E-state index contributed by atoms with van der Waals surface area (Å²) in [4.78, 5) is 11.2. The van der Waals surface area contributed by atoms with Crippen LogP contribution in [0.5, 0.6) is 0 Å². The Morgan fingerprint density at radius 3 is 2.24 bits per heavy atom. The maximum Gasteiger partial charge on any atom is 0.330 e. The second kappa shape index (κ2) is 11.7. The third-order valence-electron chi connectivity index (χ3n) is 2.58. The summed E-state index contributed by atoms with van der Waals surface area (Å²) in [6, 6.07) is 0. The predicted molar refractivity (Wildman–Crippen MR) is 73.0 cm³/mol. The third-order valence-corrected chi connectivity index (χ3v) is 2.58. The third kappa shape index (κ3) is 13.1. The largest absolute Gasteiger partial charge is 0.460 e. The molecule has 100 valence electrons. The van der Waals surface area contributed by atoms with Gasteiger partial charge in [0.2, 0.25) is 0 Å². The Balaban J connectivity index is 3.27. The Morgan fingerprint density at radius 1 is 1.06 bits per heavy atom. The van der Waals surface area contributed by atoms with Gasteiger partial charge in [-0.2, -0.15) is 0 Å². The van der Waals surface area contributed by atoms with Gasteiger partial charge in [0.05, 0.1) is 6.10 Å². The lowest BCUT2D eigenvalue weighted by atomic mass is 10.1. The summed E-state index contributed by atoms with van der Waals surface area (Å²) < 4.78 is 5.00. The number of allylic oxidation sites excluding steroid dienone is 1. The maximum absolute atomic E-state index is 11.2. The zero-order valence-corrected chi connectivity index (χ0v) is 11.7. The summed E-state index contributed by atoms with van der Waals surface area (Å²) in [5.74, 6) is -0.219. The molecule has 0 radical (unpaired) electrons. The first-order valence-corrected chi connectivity index (χ1v) is 7.04. The van der Waals surface area contributed by atoms with Crippen molar-refractivity contribution in [1.29, 1.82) is 0 Å². The number of esters is 1. The Hall–Kier alpha value is -0.790. The van der Waals surface area contributed by atoms with Gasteiger partial charge in [-0.25, -0.2) is 4.79 Å². The van der Waals surface area contributed by atoms with Crippen LogP contribution >= 0.6 is 0 Å². The standard InChI is InChI=1S/C15H28O2/c1-4-5-6-7-8-9-10-11-12-13-15(16)17-14(2)3/h12-14H,4-11H2,1-3H3/b13-12+. The van der Waals surface area contributed by atoms with Crippen LogP contribution in [0, 0.1) is 0 Å². The lowest BCUT2D eigenvalue weighted by Gasteiger charge is -2.03. The number of rotatable bonds is 10. The number of carbonyl (C=O) groups excluding carboxylic acids is 1. The molecule has 17 heavy (non-hydrogen) atoms. The number of hydrogen-bond acceptors (Lipinski definition) is 2. The fraction of sp³-hybridized carbons (Fsp3) is 0.800. The van der Waals surface area contributed by atoms with E-state index in [0.717, 1.165) is 6.42 Å². The zero-order valence-electron chi connectivity index (χ0n) is 11.7. The zero-order chi connectivity index (χ0) is 12.9. The van der Waals surface area contributed by atoms with E-state index in [-0.39, 0.29) is 12.1 Å². The van der Waals surface area contributed by atoms with Crippen LogP contribution in [0.25, 0.3) is 0 Å². The van der Waals surface area contributed by atoms with Crippen LogP contribution in [0.2, 0.25) is 0 Å². The summed E-state index contributed by atoms with van der Waals surface area (Å²) in [5, 5.41) is 0. The monoisotopic (exact) mass is 240 g/mol. The number of ether oxygens (including phenoxy) is 1. The van der Waals surface area contributed by atoms with Crippen molar-refractivity contribution in [3.05, 3.63) is 12.2 Å². The molecule has 0 aliphatic heterocycles. The van der Waals surface area contributed by atoms with Gasteiger partial charge in [-0.05, 0) is 26.7 Å². The van der Waals surface area contributed by atoms with E-state index in [4.69, 9.17) is 4.74 Å². The van der Waals surface area contributed by atoms with Crippen molar-refractivity contribution in [3.8, 4) is 0 Å². The van der Waals surface area contributed by atoms with Crippen molar-refractivity contribution in [1.82, 2.24) is 0 Å². The molecule has 0 aromatic carbocycles. The molecule has 0 aromatic rings. The van der Waals surface area contributed by atoms with Gasteiger partial charge in [0.25, 0.3) is 0 Å². The van der Waals surface area contributed by atoms with Crippen LogP contribution in [0.3, 0.4) is 0 Å². The molecular formula is C15H28O2. The molecule has 2 nitrogen and oxygen atoms in total. The molecule has 0 amide bonds. The topological polar surface area (TPSA) is 26.3 Å². The Morgan fingerprint density at radius 2 is 1.65 bits per heavy atom. The summed E-state index contributed by atoms with van der Waals surface area (Å²) in [6.45, 7) is 5.96. The van der Waals surface area contributed by atoms with Crippen LogP contribution < -0.4 is 0 Å². The van der Waals surface area contributed by atoms with Crippen molar-refractivity contribution < 1.29 is 9.53 Å². The van der Waals surface area contributed by atoms with E-state index in [2.05, 4.69) is 6.92 Å². The second-order valence-corrected chi connectivity index (χ2v) is 4.80. The first-order valence-electron chi connectivity index (χ1n) is 7.04. The van der Waals surface area contributed by atoms with Crippen LogP contribution in [-0.2, 0) is 9.53 Å². The average molecular weight is 240 g/mol. The van der Waals surface area contributed by atoms with Gasteiger partial charge < -0.3 is 4.74 Å². The lowest BCUT2D eigenvalue weighted by molar-refractivity contribution is -0.141. The highest BCUT2D eigenvalue weighted by molar-refractivity contribution is 5.81. The first-order chi connectivity index (χ1) is 8.16. The van der Waals surface area contributed by atoms with E-state index < -0.39 is 0 Å². The highest BCUT2D eigenvalue weighted by Crippen LogP contribution is 2.08. The van der Waals surface area contributed by atoms with E-state index in [1.54, 1.807) is 6.08 Å². The second-order valence-electron chi connectivity index (χ2n) is 4.80. The minimum atomic E-state index is -0.219. The number of unbranched alkanes of at least 4 members (excludes halogenated alkanes) is 7. The Bertz CT molecular complexity index is 207. The summed E-state index contributed by atoms with van der Waals surface area (Å²) in [7, 11) is 0. The van der Waals surface area contributed by atoms with E-state index in [1.807, 2.05) is 19.9 Å². The average Bonchev–Trinajstić information content (AvgIpc) is 2.26. The predicted octanol–water partition coefficient (Wildman–Crippen LogP) is 4.63. The van der Waals surface area contributed by atoms with Crippen molar-refractivity contribution in [2.24, 2.45) is 0 Å². The molecule has 2 heteroatoms. The van der Waals surface area contributed by atoms with Crippen LogP contribution in [0.4, 0.5) is 0 Å². The number of carbonyl (C=O) groups is 1. The molecule has 0 spiro atoms. The fourth-order valence-electron chi connectivity index (χ4n) is 1.67. The van der Waals surface area contributed by atoms with Gasteiger partial charge >= 0.3 is 5.97 Å². The summed E-state index contributed by atoms with van der Waals surface area (Å²) >= 11 is 0. The first kappa shape index (κ1) is 16.2.